The quantitative estimate of drug-likeness (QED) is 0.494. The molecule has 0 heterocycles. The Morgan fingerprint density at radius 3 is 2.10 bits per heavy atom. The minimum Gasteiger partial charge on any atom is -0.380 e. The van der Waals surface area contributed by atoms with Gasteiger partial charge in [0.25, 0.3) is 0 Å². The van der Waals surface area contributed by atoms with Crippen molar-refractivity contribution in [2.75, 3.05) is 46.1 Å². The van der Waals surface area contributed by atoms with E-state index in [-0.39, 0.29) is 0 Å². The highest BCUT2D eigenvalue weighted by Crippen LogP contribution is 2.26. The Morgan fingerprint density at radius 1 is 0.950 bits per heavy atom. The Balaban J connectivity index is 2.55. The van der Waals surface area contributed by atoms with Crippen molar-refractivity contribution >= 4 is 0 Å². The highest BCUT2D eigenvalue weighted by atomic mass is 16.5. The van der Waals surface area contributed by atoms with E-state index < -0.39 is 0 Å². The molecule has 2 unspecified atom stereocenters. The van der Waals surface area contributed by atoms with Crippen LogP contribution in [0.25, 0.3) is 0 Å². The van der Waals surface area contributed by atoms with Crippen molar-refractivity contribution in [3.8, 4) is 0 Å². The molecule has 1 aliphatic carbocycles. The summed E-state index contributed by atoms with van der Waals surface area (Å²) < 4.78 is 11.1. The highest BCUT2D eigenvalue weighted by Gasteiger charge is 2.27. The van der Waals surface area contributed by atoms with Crippen molar-refractivity contribution in [1.29, 1.82) is 0 Å². The van der Waals surface area contributed by atoms with Crippen LogP contribution >= 0.6 is 0 Å². The zero-order valence-electron chi connectivity index (χ0n) is 13.5. The van der Waals surface area contributed by atoms with E-state index in [0.717, 1.165) is 46.1 Å². The smallest absolute Gasteiger partial charge is 0.0593 e. The average molecular weight is 286 g/mol. The second kappa shape index (κ2) is 11.5. The average Bonchev–Trinajstić information content (AvgIpc) is 2.71. The fraction of sp³-hybridized carbons (Fsp3) is 1.00. The molecule has 0 radical (unpaired) electrons. The lowest BCUT2D eigenvalue weighted by Crippen LogP contribution is -2.45. The number of hydrogen-bond donors (Lipinski definition) is 1. The summed E-state index contributed by atoms with van der Waals surface area (Å²) in [6.45, 7) is 10.1. The zero-order chi connectivity index (χ0) is 14.6. The number of ether oxygens (including phenoxy) is 2. The summed E-state index contributed by atoms with van der Waals surface area (Å²) in [7, 11) is 0. The molecule has 120 valence electrons. The topological polar surface area (TPSA) is 47.7 Å². The molecule has 0 aliphatic heterocycles. The molecule has 2 atom stereocenters. The third-order valence-corrected chi connectivity index (χ3v) is 4.34. The summed E-state index contributed by atoms with van der Waals surface area (Å²) in [6.07, 6.45) is 6.59. The van der Waals surface area contributed by atoms with E-state index >= 15 is 0 Å². The molecule has 1 aliphatic rings. The monoisotopic (exact) mass is 286 g/mol. The molecule has 0 aromatic carbocycles. The molecule has 0 spiro atoms. The lowest BCUT2D eigenvalue weighted by Gasteiger charge is -2.36. The Bertz CT molecular complexity index is 217. The SMILES string of the molecule is CCOCCN(CCOCC)C1CCCCCC1CN. The van der Waals surface area contributed by atoms with Crippen molar-refractivity contribution in [3.05, 3.63) is 0 Å². The van der Waals surface area contributed by atoms with Gasteiger partial charge in [-0.2, -0.15) is 0 Å². The van der Waals surface area contributed by atoms with Crippen molar-refractivity contribution in [1.82, 2.24) is 4.90 Å². The lowest BCUT2D eigenvalue weighted by atomic mass is 9.93. The van der Waals surface area contributed by atoms with Gasteiger partial charge < -0.3 is 15.2 Å². The van der Waals surface area contributed by atoms with Gasteiger partial charge in [-0.25, -0.2) is 0 Å². The predicted molar refractivity (Wildman–Crippen MR) is 84.0 cm³/mol. The second-order valence-corrected chi connectivity index (χ2v) is 5.63. The Morgan fingerprint density at radius 2 is 1.55 bits per heavy atom. The minimum atomic E-state index is 0.614. The molecule has 2 N–H and O–H groups in total. The van der Waals surface area contributed by atoms with E-state index in [9.17, 15) is 0 Å². The third kappa shape index (κ3) is 6.53. The fourth-order valence-corrected chi connectivity index (χ4v) is 3.22. The van der Waals surface area contributed by atoms with Crippen molar-refractivity contribution in [2.45, 2.75) is 52.0 Å². The number of rotatable bonds is 10. The molecule has 0 bridgehead atoms. The van der Waals surface area contributed by atoms with Crippen molar-refractivity contribution in [3.63, 3.8) is 0 Å². The lowest BCUT2D eigenvalue weighted by molar-refractivity contribution is 0.0453. The Kier molecular flexibility index (Phi) is 10.3. The first-order chi connectivity index (χ1) is 9.83. The fourth-order valence-electron chi connectivity index (χ4n) is 3.22. The van der Waals surface area contributed by atoms with Crippen LogP contribution in [0.1, 0.15) is 46.0 Å². The van der Waals surface area contributed by atoms with Crippen LogP contribution in [-0.2, 0) is 9.47 Å². The first kappa shape index (κ1) is 17.9. The van der Waals surface area contributed by atoms with E-state index in [0.29, 0.717) is 12.0 Å². The van der Waals surface area contributed by atoms with Gasteiger partial charge in [-0.15, -0.1) is 0 Å². The molecule has 0 aromatic heterocycles. The predicted octanol–water partition coefficient (Wildman–Crippen LogP) is 2.27. The molecular weight excluding hydrogens is 252 g/mol. The van der Waals surface area contributed by atoms with Crippen LogP contribution in [0.5, 0.6) is 0 Å². The van der Waals surface area contributed by atoms with Crippen LogP contribution in [-0.4, -0.2) is 57.0 Å². The van der Waals surface area contributed by atoms with Gasteiger partial charge in [0.1, 0.15) is 0 Å². The van der Waals surface area contributed by atoms with Gasteiger partial charge in [0.15, 0.2) is 0 Å². The van der Waals surface area contributed by atoms with Gasteiger partial charge in [0, 0.05) is 32.3 Å². The number of hydrogen-bond acceptors (Lipinski definition) is 4. The molecule has 0 amide bonds. The van der Waals surface area contributed by atoms with Crippen LogP contribution in [0, 0.1) is 5.92 Å². The number of nitrogens with two attached hydrogens (primary N) is 1. The maximum atomic E-state index is 6.02. The van der Waals surface area contributed by atoms with E-state index in [1.807, 2.05) is 0 Å². The molecule has 1 fully saturated rings. The summed E-state index contributed by atoms with van der Waals surface area (Å²) in [5.74, 6) is 0.640. The van der Waals surface area contributed by atoms with Crippen LogP contribution in [0.15, 0.2) is 0 Å². The van der Waals surface area contributed by atoms with Crippen molar-refractivity contribution < 1.29 is 9.47 Å². The molecule has 4 nitrogen and oxygen atoms in total. The van der Waals surface area contributed by atoms with Crippen LogP contribution in [0.3, 0.4) is 0 Å². The maximum Gasteiger partial charge on any atom is 0.0593 e. The summed E-state index contributed by atoms with van der Waals surface area (Å²) in [4.78, 5) is 2.56. The molecule has 1 rings (SSSR count). The van der Waals surface area contributed by atoms with Crippen LogP contribution in [0.2, 0.25) is 0 Å². The zero-order valence-corrected chi connectivity index (χ0v) is 13.5. The first-order valence-electron chi connectivity index (χ1n) is 8.43. The Hall–Kier alpha value is -0.160. The normalized spacial score (nSPS) is 24.0. The van der Waals surface area contributed by atoms with Gasteiger partial charge in [0.05, 0.1) is 13.2 Å². The highest BCUT2D eigenvalue weighted by molar-refractivity contribution is 4.82. The second-order valence-electron chi connectivity index (χ2n) is 5.63. The summed E-state index contributed by atoms with van der Waals surface area (Å²) in [6, 6.07) is 0.614. The molecule has 1 saturated carbocycles. The van der Waals surface area contributed by atoms with E-state index in [1.165, 1.54) is 32.1 Å². The van der Waals surface area contributed by atoms with Crippen LogP contribution in [0.4, 0.5) is 0 Å². The summed E-state index contributed by atoms with van der Waals surface area (Å²) >= 11 is 0. The van der Waals surface area contributed by atoms with Crippen molar-refractivity contribution in [2.24, 2.45) is 11.7 Å². The van der Waals surface area contributed by atoms with Gasteiger partial charge in [-0.1, -0.05) is 19.3 Å². The summed E-state index contributed by atoms with van der Waals surface area (Å²) in [5, 5.41) is 0. The molecule has 20 heavy (non-hydrogen) atoms. The largest absolute Gasteiger partial charge is 0.380 e. The minimum absolute atomic E-state index is 0.614. The van der Waals surface area contributed by atoms with Crippen LogP contribution < -0.4 is 5.73 Å². The maximum absolute atomic E-state index is 6.02. The van der Waals surface area contributed by atoms with E-state index in [1.54, 1.807) is 0 Å². The van der Waals surface area contributed by atoms with E-state index in [4.69, 9.17) is 15.2 Å². The Labute approximate surface area is 125 Å². The van der Waals surface area contributed by atoms with Gasteiger partial charge in [-0.3, -0.25) is 4.90 Å². The molecule has 0 saturated heterocycles. The van der Waals surface area contributed by atoms with Gasteiger partial charge in [0.2, 0.25) is 0 Å². The molecule has 4 heteroatoms. The van der Waals surface area contributed by atoms with Gasteiger partial charge >= 0.3 is 0 Å². The summed E-state index contributed by atoms with van der Waals surface area (Å²) in [5.41, 5.74) is 6.02. The molecular formula is C16H34N2O2. The molecule has 0 aromatic rings. The standard InChI is InChI=1S/C16H34N2O2/c1-3-19-12-10-18(11-13-20-4-2)16-9-7-5-6-8-15(16)14-17/h15-16H,3-14,17H2,1-2H3. The third-order valence-electron chi connectivity index (χ3n) is 4.34. The van der Waals surface area contributed by atoms with E-state index in [2.05, 4.69) is 18.7 Å². The number of nitrogens with zero attached hydrogens (tertiary/aromatic N) is 1. The van der Waals surface area contributed by atoms with Gasteiger partial charge in [-0.05, 0) is 39.2 Å². The first-order valence-corrected chi connectivity index (χ1v) is 8.43.